The second kappa shape index (κ2) is 9.52. The highest BCUT2D eigenvalue weighted by atomic mass is 32.2. The van der Waals surface area contributed by atoms with Crippen molar-refractivity contribution in [2.45, 2.75) is 11.8 Å². The molecule has 3 aromatic rings. The summed E-state index contributed by atoms with van der Waals surface area (Å²) in [6.45, 7) is 1.40. The van der Waals surface area contributed by atoms with E-state index in [9.17, 15) is 18.0 Å². The maximum atomic E-state index is 12.9. The molecule has 0 aliphatic heterocycles. The van der Waals surface area contributed by atoms with Crippen molar-refractivity contribution in [3.8, 4) is 5.75 Å². The molecule has 0 saturated carbocycles. The lowest BCUT2D eigenvalue weighted by Gasteiger charge is -2.20. The average Bonchev–Trinajstić information content (AvgIpc) is 2.78. The number of ether oxygens (including phenoxy) is 1. The Morgan fingerprint density at radius 3 is 2.03 bits per heavy atom. The summed E-state index contributed by atoms with van der Waals surface area (Å²) < 4.78 is 32.0. The lowest BCUT2D eigenvalue weighted by molar-refractivity contribution is -0.114. The molecule has 0 saturated heterocycles. The third-order valence-corrected chi connectivity index (χ3v) is 6.45. The van der Waals surface area contributed by atoms with Gasteiger partial charge in [0.15, 0.2) is 0 Å². The molecule has 2 N–H and O–H groups in total. The number of nitrogens with one attached hydrogen (secondary N) is 2. The van der Waals surface area contributed by atoms with E-state index in [0.29, 0.717) is 28.4 Å². The molecule has 0 aromatic heterocycles. The number of anilines is 3. The van der Waals surface area contributed by atoms with Crippen molar-refractivity contribution in [3.63, 3.8) is 0 Å². The smallest absolute Gasteiger partial charge is 0.264 e. The highest BCUT2D eigenvalue weighted by molar-refractivity contribution is 7.92. The van der Waals surface area contributed by atoms with Crippen molar-refractivity contribution in [1.82, 2.24) is 0 Å². The maximum Gasteiger partial charge on any atom is 0.264 e. The van der Waals surface area contributed by atoms with E-state index in [1.807, 2.05) is 0 Å². The molecule has 0 radical (unpaired) electrons. The van der Waals surface area contributed by atoms with E-state index >= 15 is 0 Å². The zero-order chi connectivity index (χ0) is 23.3. The van der Waals surface area contributed by atoms with E-state index in [-0.39, 0.29) is 16.7 Å². The lowest BCUT2D eigenvalue weighted by Crippen LogP contribution is -2.26. The molecule has 0 unspecified atom stereocenters. The quantitative estimate of drug-likeness (QED) is 0.567. The minimum atomic E-state index is -3.77. The summed E-state index contributed by atoms with van der Waals surface area (Å²) in [6.07, 6.45) is 0. The summed E-state index contributed by atoms with van der Waals surface area (Å²) in [4.78, 5) is 23.9. The van der Waals surface area contributed by atoms with Gasteiger partial charge in [-0.3, -0.25) is 13.9 Å². The Hall–Kier alpha value is -3.85. The van der Waals surface area contributed by atoms with Crippen LogP contribution in [0.2, 0.25) is 0 Å². The molecule has 0 heterocycles. The molecule has 0 spiro atoms. The van der Waals surface area contributed by atoms with Crippen molar-refractivity contribution < 1.29 is 22.7 Å². The Morgan fingerprint density at radius 2 is 1.47 bits per heavy atom. The summed E-state index contributed by atoms with van der Waals surface area (Å²) in [6, 6.07) is 19.1. The SMILES string of the molecule is COc1ccc(S(=O)(=O)N(C)c2ccc(C(=O)Nc3cccc(NC(C)=O)c3)cc2)cc1. The van der Waals surface area contributed by atoms with E-state index in [2.05, 4.69) is 10.6 Å². The van der Waals surface area contributed by atoms with Gasteiger partial charge in [-0.2, -0.15) is 0 Å². The van der Waals surface area contributed by atoms with Gasteiger partial charge < -0.3 is 15.4 Å². The molecule has 32 heavy (non-hydrogen) atoms. The topological polar surface area (TPSA) is 105 Å². The van der Waals surface area contributed by atoms with E-state index in [0.717, 1.165) is 4.31 Å². The molecular weight excluding hydrogens is 430 g/mol. The van der Waals surface area contributed by atoms with Crippen LogP contribution in [-0.2, 0) is 14.8 Å². The van der Waals surface area contributed by atoms with Crippen LogP contribution in [0, 0.1) is 0 Å². The molecular formula is C23H23N3O5S. The summed E-state index contributed by atoms with van der Waals surface area (Å²) in [7, 11) is -0.817. The van der Waals surface area contributed by atoms with E-state index in [1.165, 1.54) is 33.2 Å². The minimum Gasteiger partial charge on any atom is -0.497 e. The number of rotatable bonds is 7. The van der Waals surface area contributed by atoms with Crippen LogP contribution >= 0.6 is 0 Å². The van der Waals surface area contributed by atoms with Gasteiger partial charge in [-0.25, -0.2) is 8.42 Å². The Bertz CT molecular complexity index is 1220. The number of carbonyl (C=O) groups excluding carboxylic acids is 2. The standard InChI is InChI=1S/C23H23N3O5S/c1-16(27)24-18-5-4-6-19(15-18)25-23(28)17-7-9-20(10-8-17)26(2)32(29,30)22-13-11-21(31-3)12-14-22/h4-15H,1-3H3,(H,24,27)(H,25,28). The van der Waals surface area contributed by atoms with Crippen LogP contribution < -0.4 is 19.7 Å². The Morgan fingerprint density at radius 1 is 0.875 bits per heavy atom. The van der Waals surface area contributed by atoms with E-state index < -0.39 is 10.0 Å². The number of benzene rings is 3. The van der Waals surface area contributed by atoms with Crippen LogP contribution in [0.1, 0.15) is 17.3 Å². The third kappa shape index (κ3) is 5.25. The molecule has 0 aliphatic carbocycles. The fourth-order valence-electron chi connectivity index (χ4n) is 2.95. The van der Waals surface area contributed by atoms with Gasteiger partial charge in [-0.1, -0.05) is 6.07 Å². The van der Waals surface area contributed by atoms with Gasteiger partial charge >= 0.3 is 0 Å². The zero-order valence-corrected chi connectivity index (χ0v) is 18.6. The zero-order valence-electron chi connectivity index (χ0n) is 17.8. The molecule has 3 aromatic carbocycles. The van der Waals surface area contributed by atoms with Crippen molar-refractivity contribution in [1.29, 1.82) is 0 Å². The lowest BCUT2D eigenvalue weighted by atomic mass is 10.2. The predicted molar refractivity (Wildman–Crippen MR) is 124 cm³/mol. The first-order valence-electron chi connectivity index (χ1n) is 9.63. The minimum absolute atomic E-state index is 0.127. The predicted octanol–water partition coefficient (Wildman–Crippen LogP) is 3.73. The molecule has 9 heteroatoms. The van der Waals surface area contributed by atoms with Crippen molar-refractivity contribution in [3.05, 3.63) is 78.4 Å². The molecule has 166 valence electrons. The summed E-state index contributed by atoms with van der Waals surface area (Å²) in [5, 5.41) is 5.41. The molecule has 8 nitrogen and oxygen atoms in total. The second-order valence-electron chi connectivity index (χ2n) is 6.91. The normalized spacial score (nSPS) is 10.8. The molecule has 0 aliphatic rings. The van der Waals surface area contributed by atoms with Crippen molar-refractivity contribution in [2.75, 3.05) is 29.1 Å². The van der Waals surface area contributed by atoms with Crippen molar-refractivity contribution in [2.24, 2.45) is 0 Å². The molecule has 0 bridgehead atoms. The first kappa shape index (κ1) is 22.8. The largest absolute Gasteiger partial charge is 0.497 e. The van der Waals surface area contributed by atoms with Crippen LogP contribution in [0.15, 0.2) is 77.7 Å². The summed E-state index contributed by atoms with van der Waals surface area (Å²) in [5.74, 6) is -0.0143. The number of carbonyl (C=O) groups is 2. The second-order valence-corrected chi connectivity index (χ2v) is 8.88. The van der Waals surface area contributed by atoms with Crippen LogP contribution in [0.5, 0.6) is 5.75 Å². The fourth-order valence-corrected chi connectivity index (χ4v) is 4.14. The molecule has 0 fully saturated rings. The van der Waals surface area contributed by atoms with Crippen LogP contribution in [0.25, 0.3) is 0 Å². The first-order valence-corrected chi connectivity index (χ1v) is 11.1. The summed E-state index contributed by atoms with van der Waals surface area (Å²) >= 11 is 0. The Labute approximate surface area is 186 Å². The maximum absolute atomic E-state index is 12.9. The van der Waals surface area contributed by atoms with Crippen LogP contribution in [0.4, 0.5) is 17.1 Å². The van der Waals surface area contributed by atoms with Gasteiger partial charge in [0.2, 0.25) is 5.91 Å². The van der Waals surface area contributed by atoms with Gasteiger partial charge in [0.1, 0.15) is 5.75 Å². The average molecular weight is 454 g/mol. The van der Waals surface area contributed by atoms with E-state index in [4.69, 9.17) is 4.74 Å². The molecule has 3 rings (SSSR count). The summed E-state index contributed by atoms with van der Waals surface area (Å²) in [5.41, 5.74) is 1.85. The Kier molecular flexibility index (Phi) is 6.79. The fraction of sp³-hybridized carbons (Fsp3) is 0.130. The highest BCUT2D eigenvalue weighted by Gasteiger charge is 2.21. The number of hydrogen-bond acceptors (Lipinski definition) is 5. The number of amides is 2. The van der Waals surface area contributed by atoms with Gasteiger partial charge in [0, 0.05) is 30.9 Å². The number of hydrogen-bond donors (Lipinski definition) is 2. The number of sulfonamides is 1. The van der Waals surface area contributed by atoms with Gasteiger partial charge in [-0.05, 0) is 66.7 Å². The number of nitrogens with zero attached hydrogens (tertiary/aromatic N) is 1. The Balaban J connectivity index is 1.73. The van der Waals surface area contributed by atoms with Crippen LogP contribution in [-0.4, -0.2) is 34.4 Å². The number of methoxy groups -OCH3 is 1. The van der Waals surface area contributed by atoms with Gasteiger partial charge in [0.25, 0.3) is 15.9 Å². The molecule has 0 atom stereocenters. The molecule has 2 amide bonds. The highest BCUT2D eigenvalue weighted by Crippen LogP contribution is 2.24. The van der Waals surface area contributed by atoms with Crippen molar-refractivity contribution >= 4 is 38.9 Å². The van der Waals surface area contributed by atoms with Crippen LogP contribution in [0.3, 0.4) is 0 Å². The first-order chi connectivity index (χ1) is 15.2. The van der Waals surface area contributed by atoms with Gasteiger partial charge in [-0.15, -0.1) is 0 Å². The monoisotopic (exact) mass is 453 g/mol. The third-order valence-electron chi connectivity index (χ3n) is 4.65. The van der Waals surface area contributed by atoms with Gasteiger partial charge in [0.05, 0.1) is 17.7 Å². The van der Waals surface area contributed by atoms with E-state index in [1.54, 1.807) is 60.7 Å².